The van der Waals surface area contributed by atoms with Crippen LogP contribution in [0.15, 0.2) is 72.8 Å². The number of fused-ring (bicyclic) bond motifs is 4. The van der Waals surface area contributed by atoms with E-state index in [9.17, 15) is 14.0 Å². The molecule has 3 heterocycles. The summed E-state index contributed by atoms with van der Waals surface area (Å²) in [5, 5.41) is 1.07. The number of amides is 2. The molecular weight excluding hydrogens is 445 g/mol. The van der Waals surface area contributed by atoms with Crippen molar-refractivity contribution in [3.63, 3.8) is 0 Å². The number of hydrogen-bond donors (Lipinski definition) is 1. The number of nitrogens with zero attached hydrogens (tertiary/aromatic N) is 2. The first-order valence-corrected chi connectivity index (χ1v) is 11.6. The lowest BCUT2D eigenvalue weighted by Crippen LogP contribution is -2.62. The van der Waals surface area contributed by atoms with Gasteiger partial charge in [0.25, 0.3) is 0 Å². The van der Waals surface area contributed by atoms with Gasteiger partial charge in [-0.3, -0.25) is 9.59 Å². The molecule has 1 N–H and O–H groups in total. The lowest BCUT2D eigenvalue weighted by Gasteiger charge is -2.47. The Balaban J connectivity index is 1.43. The molecule has 0 bridgehead atoms. The quantitative estimate of drug-likeness (QED) is 0.487. The van der Waals surface area contributed by atoms with Gasteiger partial charge < -0.3 is 19.5 Å². The first-order valence-electron chi connectivity index (χ1n) is 11.6. The smallest absolute Gasteiger partial charge is 0.246 e. The monoisotopic (exact) mass is 469 g/mol. The Bertz CT molecular complexity index is 1430. The summed E-state index contributed by atoms with van der Waals surface area (Å²) in [6.07, 6.45) is 0.441. The van der Waals surface area contributed by atoms with Crippen LogP contribution in [0.5, 0.6) is 5.75 Å². The standard InChI is InChI=1S/C28H24FN3O3/c1-35-20-12-8-18(9-13-20)27-26-22(21-4-2-3-5-23(21)30-26)14-24-28(34)31(16-25(33)32(24)27)15-17-6-10-19(29)11-7-17/h2-13,24,27,30H,14-16H2,1H3/t24-,27-/m1/s1. The number of halogens is 1. The minimum absolute atomic E-state index is 0.0189. The number of ether oxygens (including phenoxy) is 1. The van der Waals surface area contributed by atoms with Crippen molar-refractivity contribution in [3.05, 3.63) is 101 Å². The van der Waals surface area contributed by atoms with Crippen LogP contribution in [0.1, 0.15) is 28.4 Å². The van der Waals surface area contributed by atoms with E-state index in [1.807, 2.05) is 42.5 Å². The number of aromatic amines is 1. The maximum absolute atomic E-state index is 13.7. The SMILES string of the molecule is COc1ccc([C@@H]2c3[nH]c4ccccc4c3C[C@@H]3C(=O)N(Cc4ccc(F)cc4)CC(=O)N23)cc1. The maximum Gasteiger partial charge on any atom is 0.246 e. The molecule has 0 saturated carbocycles. The van der Waals surface area contributed by atoms with E-state index >= 15 is 0 Å². The Morgan fingerprint density at radius 1 is 1.00 bits per heavy atom. The summed E-state index contributed by atoms with van der Waals surface area (Å²) in [5.74, 6) is 0.192. The fraction of sp³-hybridized carbons (Fsp3) is 0.214. The Morgan fingerprint density at radius 2 is 1.74 bits per heavy atom. The second-order valence-electron chi connectivity index (χ2n) is 9.08. The summed E-state index contributed by atoms with van der Waals surface area (Å²) in [6, 6.07) is 20.7. The van der Waals surface area contributed by atoms with E-state index in [1.54, 1.807) is 29.0 Å². The molecule has 1 saturated heterocycles. The zero-order chi connectivity index (χ0) is 24.1. The summed E-state index contributed by atoms with van der Waals surface area (Å²) in [5.41, 5.74) is 4.69. The largest absolute Gasteiger partial charge is 0.497 e. The summed E-state index contributed by atoms with van der Waals surface area (Å²) < 4.78 is 18.7. The van der Waals surface area contributed by atoms with Crippen LogP contribution < -0.4 is 4.74 Å². The zero-order valence-electron chi connectivity index (χ0n) is 19.2. The van der Waals surface area contributed by atoms with Crippen LogP contribution in [0.25, 0.3) is 10.9 Å². The Hall–Kier alpha value is -4.13. The van der Waals surface area contributed by atoms with E-state index in [4.69, 9.17) is 4.74 Å². The summed E-state index contributed by atoms with van der Waals surface area (Å²) in [6.45, 7) is 0.248. The van der Waals surface area contributed by atoms with E-state index in [0.717, 1.165) is 39.0 Å². The molecule has 0 radical (unpaired) electrons. The molecule has 1 fully saturated rings. The van der Waals surface area contributed by atoms with Crippen LogP contribution in [0.3, 0.4) is 0 Å². The van der Waals surface area contributed by atoms with Crippen LogP contribution in [0.2, 0.25) is 0 Å². The highest BCUT2D eigenvalue weighted by Crippen LogP contribution is 2.42. The molecule has 0 aliphatic carbocycles. The van der Waals surface area contributed by atoms with Gasteiger partial charge in [0.15, 0.2) is 0 Å². The Morgan fingerprint density at radius 3 is 2.49 bits per heavy atom. The first-order chi connectivity index (χ1) is 17.0. The number of H-pyrrole nitrogens is 1. The number of benzene rings is 3. The molecule has 0 unspecified atom stereocenters. The fourth-order valence-electron chi connectivity index (χ4n) is 5.40. The van der Waals surface area contributed by atoms with Gasteiger partial charge in [0.05, 0.1) is 13.2 Å². The normalized spacial score (nSPS) is 19.6. The highest BCUT2D eigenvalue weighted by Gasteiger charge is 2.48. The molecule has 0 spiro atoms. The van der Waals surface area contributed by atoms with Crippen molar-refractivity contribution < 1.29 is 18.7 Å². The highest BCUT2D eigenvalue weighted by molar-refractivity contribution is 5.97. The average molecular weight is 470 g/mol. The number of methoxy groups -OCH3 is 1. The van der Waals surface area contributed by atoms with Gasteiger partial charge in [-0.1, -0.05) is 42.5 Å². The van der Waals surface area contributed by atoms with E-state index in [-0.39, 0.29) is 30.7 Å². The van der Waals surface area contributed by atoms with Crippen LogP contribution in [0.4, 0.5) is 4.39 Å². The molecule has 6 nitrogen and oxygen atoms in total. The van der Waals surface area contributed by atoms with Crippen molar-refractivity contribution in [3.8, 4) is 5.75 Å². The molecule has 4 aromatic rings. The maximum atomic E-state index is 13.7. The van der Waals surface area contributed by atoms with Gasteiger partial charge in [-0.2, -0.15) is 0 Å². The van der Waals surface area contributed by atoms with Gasteiger partial charge in [0.2, 0.25) is 11.8 Å². The van der Waals surface area contributed by atoms with Crippen molar-refractivity contribution in [1.82, 2.24) is 14.8 Å². The van der Waals surface area contributed by atoms with E-state index in [2.05, 4.69) is 11.1 Å². The minimum atomic E-state index is -0.615. The van der Waals surface area contributed by atoms with Gasteiger partial charge in [0.1, 0.15) is 24.2 Å². The number of piperazine rings is 1. The zero-order valence-corrected chi connectivity index (χ0v) is 19.2. The Kier molecular flexibility index (Phi) is 5.06. The fourth-order valence-corrected chi connectivity index (χ4v) is 5.40. The van der Waals surface area contributed by atoms with Gasteiger partial charge in [-0.25, -0.2) is 4.39 Å². The van der Waals surface area contributed by atoms with Crippen molar-refractivity contribution in [2.24, 2.45) is 0 Å². The molecule has 2 atom stereocenters. The third-order valence-corrected chi connectivity index (χ3v) is 7.06. The molecule has 6 rings (SSSR count). The molecule has 3 aromatic carbocycles. The molecule has 2 amide bonds. The van der Waals surface area contributed by atoms with Gasteiger partial charge in [0, 0.05) is 29.6 Å². The third kappa shape index (κ3) is 3.55. The summed E-state index contributed by atoms with van der Waals surface area (Å²) in [7, 11) is 1.62. The number of hydrogen-bond acceptors (Lipinski definition) is 3. The van der Waals surface area contributed by atoms with Crippen LogP contribution in [-0.4, -0.2) is 46.3 Å². The molecule has 1 aromatic heterocycles. The second-order valence-corrected chi connectivity index (χ2v) is 9.08. The molecule has 2 aliphatic rings. The van der Waals surface area contributed by atoms with Gasteiger partial charge >= 0.3 is 0 Å². The summed E-state index contributed by atoms with van der Waals surface area (Å²) >= 11 is 0. The number of para-hydroxylation sites is 1. The van der Waals surface area contributed by atoms with Crippen LogP contribution in [0, 0.1) is 5.82 Å². The molecule has 7 heteroatoms. The molecule has 35 heavy (non-hydrogen) atoms. The van der Waals surface area contributed by atoms with Crippen molar-refractivity contribution in [2.75, 3.05) is 13.7 Å². The van der Waals surface area contributed by atoms with Crippen molar-refractivity contribution in [1.29, 1.82) is 0 Å². The Labute approximate surface area is 201 Å². The number of rotatable bonds is 4. The van der Waals surface area contributed by atoms with E-state index in [1.165, 1.54) is 12.1 Å². The summed E-state index contributed by atoms with van der Waals surface area (Å²) in [4.78, 5) is 34.2. The predicted molar refractivity (Wildman–Crippen MR) is 129 cm³/mol. The van der Waals surface area contributed by atoms with Crippen molar-refractivity contribution >= 4 is 22.7 Å². The highest BCUT2D eigenvalue weighted by atomic mass is 19.1. The third-order valence-electron chi connectivity index (χ3n) is 7.06. The van der Waals surface area contributed by atoms with E-state index < -0.39 is 12.1 Å². The molecule has 176 valence electrons. The van der Waals surface area contributed by atoms with Gasteiger partial charge in [-0.15, -0.1) is 0 Å². The van der Waals surface area contributed by atoms with Gasteiger partial charge in [-0.05, 0) is 47.0 Å². The van der Waals surface area contributed by atoms with E-state index in [0.29, 0.717) is 6.42 Å². The topological polar surface area (TPSA) is 65.6 Å². The second kappa shape index (κ2) is 8.27. The number of carbonyl (C=O) groups is 2. The minimum Gasteiger partial charge on any atom is -0.497 e. The van der Waals surface area contributed by atoms with Crippen molar-refractivity contribution in [2.45, 2.75) is 25.0 Å². The van der Waals surface area contributed by atoms with Crippen LogP contribution >= 0.6 is 0 Å². The number of carbonyl (C=O) groups excluding carboxylic acids is 2. The predicted octanol–water partition coefficient (Wildman–Crippen LogP) is 4.20. The molecule has 2 aliphatic heterocycles. The average Bonchev–Trinajstić information content (AvgIpc) is 3.26. The lowest BCUT2D eigenvalue weighted by molar-refractivity contribution is -0.159. The number of nitrogens with one attached hydrogen (secondary N) is 1. The van der Waals surface area contributed by atoms with Crippen LogP contribution in [-0.2, 0) is 22.6 Å². The number of aromatic nitrogens is 1. The molecular formula is C28H24FN3O3. The lowest BCUT2D eigenvalue weighted by atomic mass is 9.86. The first kappa shape index (κ1) is 21.4.